The molecule has 1 aromatic rings. The van der Waals surface area contributed by atoms with Gasteiger partial charge in [-0.05, 0) is 25.0 Å². The third-order valence-corrected chi connectivity index (χ3v) is 5.49. The van der Waals surface area contributed by atoms with E-state index in [1.807, 2.05) is 12.1 Å². The lowest BCUT2D eigenvalue weighted by Crippen LogP contribution is -2.43. The minimum absolute atomic E-state index is 0.0118. The van der Waals surface area contributed by atoms with Gasteiger partial charge >= 0.3 is 5.97 Å². The third kappa shape index (κ3) is 4.25. The molecule has 0 aromatic carbocycles. The zero-order valence-corrected chi connectivity index (χ0v) is 12.9. The number of carbonyl (C=O) groups excluding carboxylic acids is 1. The van der Waals surface area contributed by atoms with E-state index in [2.05, 4.69) is 4.98 Å². The van der Waals surface area contributed by atoms with E-state index < -0.39 is 10.0 Å². The SMILES string of the molecule is COC(=O)[C@H]1CCCN(S(=O)(=O)CCc2ccccn2)C1. The fourth-order valence-electron chi connectivity index (χ4n) is 2.46. The number of esters is 1. The Morgan fingerprint density at radius 1 is 1.48 bits per heavy atom. The first-order valence-corrected chi connectivity index (χ1v) is 8.59. The summed E-state index contributed by atoms with van der Waals surface area (Å²) in [5, 5.41) is 0. The van der Waals surface area contributed by atoms with Crippen LogP contribution in [0.15, 0.2) is 24.4 Å². The van der Waals surface area contributed by atoms with Crippen LogP contribution in [0.2, 0.25) is 0 Å². The van der Waals surface area contributed by atoms with Gasteiger partial charge in [-0.15, -0.1) is 0 Å². The van der Waals surface area contributed by atoms with Gasteiger partial charge in [0.15, 0.2) is 0 Å². The number of hydrogen-bond acceptors (Lipinski definition) is 5. The highest BCUT2D eigenvalue weighted by atomic mass is 32.2. The van der Waals surface area contributed by atoms with Crippen molar-refractivity contribution in [1.82, 2.24) is 9.29 Å². The van der Waals surface area contributed by atoms with Gasteiger partial charge in [0.2, 0.25) is 10.0 Å². The van der Waals surface area contributed by atoms with E-state index in [1.54, 1.807) is 12.3 Å². The molecule has 0 saturated carbocycles. The summed E-state index contributed by atoms with van der Waals surface area (Å²) < 4.78 is 30.8. The number of rotatable bonds is 5. The normalized spacial score (nSPS) is 20.1. The number of hydrogen-bond donors (Lipinski definition) is 0. The molecule has 2 heterocycles. The lowest BCUT2D eigenvalue weighted by molar-refractivity contribution is -0.146. The molecule has 1 saturated heterocycles. The molecule has 0 N–H and O–H groups in total. The Hall–Kier alpha value is -1.47. The molecular formula is C14H20N2O4S. The summed E-state index contributed by atoms with van der Waals surface area (Å²) in [6, 6.07) is 5.44. The number of nitrogens with zero attached hydrogens (tertiary/aromatic N) is 2. The topological polar surface area (TPSA) is 76.6 Å². The Kier molecular flexibility index (Phi) is 5.30. The molecular weight excluding hydrogens is 292 g/mol. The monoisotopic (exact) mass is 312 g/mol. The van der Waals surface area contributed by atoms with Crippen LogP contribution in [0.25, 0.3) is 0 Å². The molecule has 6 nitrogen and oxygen atoms in total. The molecule has 0 aliphatic carbocycles. The summed E-state index contributed by atoms with van der Waals surface area (Å²) >= 11 is 0. The highest BCUT2D eigenvalue weighted by Crippen LogP contribution is 2.20. The first-order chi connectivity index (χ1) is 10.0. The van der Waals surface area contributed by atoms with Gasteiger partial charge in [-0.1, -0.05) is 6.07 Å². The molecule has 1 fully saturated rings. The molecule has 0 unspecified atom stereocenters. The maximum Gasteiger partial charge on any atom is 0.309 e. The maximum absolute atomic E-state index is 12.4. The molecule has 0 spiro atoms. The van der Waals surface area contributed by atoms with Gasteiger partial charge in [-0.2, -0.15) is 0 Å². The highest BCUT2D eigenvalue weighted by Gasteiger charge is 2.32. The molecule has 1 aromatic heterocycles. The molecule has 1 aliphatic heterocycles. The van der Waals surface area contributed by atoms with E-state index in [9.17, 15) is 13.2 Å². The fourth-order valence-corrected chi connectivity index (χ4v) is 4.00. The first-order valence-electron chi connectivity index (χ1n) is 6.98. The van der Waals surface area contributed by atoms with Crippen molar-refractivity contribution in [3.05, 3.63) is 30.1 Å². The Morgan fingerprint density at radius 2 is 2.29 bits per heavy atom. The first kappa shape index (κ1) is 15.9. The highest BCUT2D eigenvalue weighted by molar-refractivity contribution is 7.89. The quantitative estimate of drug-likeness (QED) is 0.753. The summed E-state index contributed by atoms with van der Waals surface area (Å²) in [7, 11) is -2.04. The minimum atomic E-state index is -3.37. The Labute approximate surface area is 125 Å². The van der Waals surface area contributed by atoms with Gasteiger partial charge in [0, 0.05) is 31.4 Å². The van der Waals surface area contributed by atoms with Gasteiger partial charge in [-0.25, -0.2) is 12.7 Å². The van der Waals surface area contributed by atoms with Crippen LogP contribution in [-0.2, 0) is 26.0 Å². The predicted octanol–water partition coefficient (Wildman–Crippen LogP) is 0.839. The molecule has 116 valence electrons. The second kappa shape index (κ2) is 7.00. The predicted molar refractivity (Wildman–Crippen MR) is 78.0 cm³/mol. The van der Waals surface area contributed by atoms with Crippen molar-refractivity contribution in [3.63, 3.8) is 0 Å². The largest absolute Gasteiger partial charge is 0.469 e. The van der Waals surface area contributed by atoms with Crippen LogP contribution in [0.1, 0.15) is 18.5 Å². The van der Waals surface area contributed by atoms with Crippen molar-refractivity contribution in [3.8, 4) is 0 Å². The van der Waals surface area contributed by atoms with Crippen molar-refractivity contribution in [1.29, 1.82) is 0 Å². The van der Waals surface area contributed by atoms with Crippen molar-refractivity contribution in [2.24, 2.45) is 5.92 Å². The lowest BCUT2D eigenvalue weighted by atomic mass is 10.0. The van der Waals surface area contributed by atoms with Crippen molar-refractivity contribution >= 4 is 16.0 Å². The maximum atomic E-state index is 12.4. The molecule has 0 bridgehead atoms. The van der Waals surface area contributed by atoms with Crippen molar-refractivity contribution in [2.75, 3.05) is 26.0 Å². The standard InChI is InChI=1S/C14H20N2O4S/c1-20-14(17)12-5-4-9-16(11-12)21(18,19)10-7-13-6-2-3-8-15-13/h2-3,6,8,12H,4-5,7,9-11H2,1H3/t12-/m0/s1. The van der Waals surface area contributed by atoms with Crippen LogP contribution in [-0.4, -0.2) is 49.6 Å². The second-order valence-electron chi connectivity index (χ2n) is 5.11. The molecule has 1 aliphatic rings. The van der Waals surface area contributed by atoms with Crippen molar-refractivity contribution < 1.29 is 17.9 Å². The van der Waals surface area contributed by atoms with Gasteiger partial charge in [0.25, 0.3) is 0 Å². The van der Waals surface area contributed by atoms with E-state index in [0.29, 0.717) is 25.8 Å². The summed E-state index contributed by atoms with van der Waals surface area (Å²) in [5.41, 5.74) is 0.752. The molecule has 21 heavy (non-hydrogen) atoms. The average Bonchev–Trinajstić information content (AvgIpc) is 2.53. The van der Waals surface area contributed by atoms with E-state index >= 15 is 0 Å². The smallest absolute Gasteiger partial charge is 0.309 e. The summed E-state index contributed by atoms with van der Waals surface area (Å²) in [6.45, 7) is 0.690. The molecule has 1 atom stereocenters. The summed E-state index contributed by atoms with van der Waals surface area (Å²) in [6.07, 6.45) is 3.39. The Balaban J connectivity index is 1.97. The summed E-state index contributed by atoms with van der Waals surface area (Å²) in [4.78, 5) is 15.7. The zero-order chi connectivity index (χ0) is 15.3. The van der Waals surface area contributed by atoms with Gasteiger partial charge in [0.05, 0.1) is 18.8 Å². The third-order valence-electron chi connectivity index (χ3n) is 3.65. The number of sulfonamides is 1. The number of piperidine rings is 1. The van der Waals surface area contributed by atoms with E-state index in [-0.39, 0.29) is 24.2 Å². The van der Waals surface area contributed by atoms with Crippen molar-refractivity contribution in [2.45, 2.75) is 19.3 Å². The van der Waals surface area contributed by atoms with E-state index in [4.69, 9.17) is 4.74 Å². The van der Waals surface area contributed by atoms with Crippen LogP contribution in [0.4, 0.5) is 0 Å². The van der Waals surface area contributed by atoms with Gasteiger partial charge in [0.1, 0.15) is 0 Å². The van der Waals surface area contributed by atoms with Gasteiger partial charge < -0.3 is 4.74 Å². The number of ether oxygens (including phenoxy) is 1. The lowest BCUT2D eigenvalue weighted by Gasteiger charge is -2.30. The average molecular weight is 312 g/mol. The fraction of sp³-hybridized carbons (Fsp3) is 0.571. The molecule has 7 heteroatoms. The van der Waals surface area contributed by atoms with Crippen LogP contribution < -0.4 is 0 Å². The zero-order valence-electron chi connectivity index (χ0n) is 12.1. The number of carbonyl (C=O) groups is 1. The van der Waals surface area contributed by atoms with Crippen LogP contribution >= 0.6 is 0 Å². The Morgan fingerprint density at radius 3 is 2.95 bits per heavy atom. The molecule has 0 radical (unpaired) electrons. The number of methoxy groups -OCH3 is 1. The Bertz CT molecular complexity index is 574. The second-order valence-corrected chi connectivity index (χ2v) is 7.20. The van der Waals surface area contributed by atoms with Crippen LogP contribution in [0.5, 0.6) is 0 Å². The minimum Gasteiger partial charge on any atom is -0.469 e. The molecule has 2 rings (SSSR count). The molecule has 0 amide bonds. The van der Waals surface area contributed by atoms with E-state index in [1.165, 1.54) is 11.4 Å². The van der Waals surface area contributed by atoms with Gasteiger partial charge in [-0.3, -0.25) is 9.78 Å². The number of pyridine rings is 1. The number of aryl methyl sites for hydroxylation is 1. The van der Waals surface area contributed by atoms with Crippen LogP contribution in [0, 0.1) is 5.92 Å². The van der Waals surface area contributed by atoms with Crippen LogP contribution in [0.3, 0.4) is 0 Å². The summed E-state index contributed by atoms with van der Waals surface area (Å²) in [5.74, 6) is -0.675. The van der Waals surface area contributed by atoms with E-state index in [0.717, 1.165) is 5.69 Å². The number of aromatic nitrogens is 1.